The maximum atomic E-state index is 12.7. The van der Waals surface area contributed by atoms with E-state index in [0.29, 0.717) is 11.1 Å². The number of amides is 2. The van der Waals surface area contributed by atoms with Gasteiger partial charge in [0.1, 0.15) is 6.04 Å². The Bertz CT molecular complexity index is 954. The quantitative estimate of drug-likeness (QED) is 0.605. The predicted octanol–water partition coefficient (Wildman–Crippen LogP) is 1.13. The van der Waals surface area contributed by atoms with Crippen molar-refractivity contribution in [2.24, 2.45) is 5.73 Å². The molecule has 0 saturated heterocycles. The van der Waals surface area contributed by atoms with Gasteiger partial charge >= 0.3 is 0 Å². The second kappa shape index (κ2) is 8.05. The number of benzene rings is 1. The van der Waals surface area contributed by atoms with Crippen LogP contribution >= 0.6 is 0 Å². The first-order chi connectivity index (χ1) is 13.1. The van der Waals surface area contributed by atoms with Gasteiger partial charge in [-0.25, -0.2) is 0 Å². The standard InChI is InChI=1S/C19H16N4O4/c20-18(25)16(24)15(10-12-4-2-1-3-5-12)23-19(26)17-14(11-22-27-17)13-6-8-21-9-7-13/h1-9,11,15H,10H2,(H2,20,25)(H,23,26). The van der Waals surface area contributed by atoms with Crippen LogP contribution in [0.4, 0.5) is 0 Å². The second-order valence-electron chi connectivity index (χ2n) is 5.75. The molecule has 0 saturated carbocycles. The molecule has 3 rings (SSSR count). The summed E-state index contributed by atoms with van der Waals surface area (Å²) in [7, 11) is 0. The number of hydrogen-bond donors (Lipinski definition) is 2. The first kappa shape index (κ1) is 18.0. The van der Waals surface area contributed by atoms with Gasteiger partial charge in [-0.15, -0.1) is 0 Å². The van der Waals surface area contributed by atoms with Crippen molar-refractivity contribution in [3.8, 4) is 11.1 Å². The van der Waals surface area contributed by atoms with Crippen LogP contribution in [0.25, 0.3) is 11.1 Å². The average molecular weight is 364 g/mol. The molecule has 0 fully saturated rings. The van der Waals surface area contributed by atoms with Gasteiger partial charge in [0.15, 0.2) is 0 Å². The van der Waals surface area contributed by atoms with Crippen molar-refractivity contribution in [2.45, 2.75) is 12.5 Å². The lowest BCUT2D eigenvalue weighted by atomic mass is 10.0. The number of carbonyl (C=O) groups excluding carboxylic acids is 3. The Kier molecular flexibility index (Phi) is 5.36. The smallest absolute Gasteiger partial charge is 0.291 e. The summed E-state index contributed by atoms with van der Waals surface area (Å²) in [5.41, 5.74) is 7.01. The van der Waals surface area contributed by atoms with Crippen LogP contribution in [0.5, 0.6) is 0 Å². The summed E-state index contributed by atoms with van der Waals surface area (Å²) in [4.78, 5) is 40.1. The van der Waals surface area contributed by atoms with Crippen molar-refractivity contribution in [3.63, 3.8) is 0 Å². The minimum atomic E-state index is -1.12. The molecule has 1 atom stereocenters. The summed E-state index contributed by atoms with van der Waals surface area (Å²) in [6.45, 7) is 0. The number of primary amides is 1. The lowest BCUT2D eigenvalue weighted by Gasteiger charge is -2.15. The minimum absolute atomic E-state index is 0.0727. The first-order valence-corrected chi connectivity index (χ1v) is 8.09. The molecule has 8 nitrogen and oxygen atoms in total. The molecule has 3 N–H and O–H groups in total. The normalized spacial score (nSPS) is 11.6. The van der Waals surface area contributed by atoms with Crippen LogP contribution < -0.4 is 11.1 Å². The number of hydrogen-bond acceptors (Lipinski definition) is 6. The zero-order valence-corrected chi connectivity index (χ0v) is 14.2. The molecule has 136 valence electrons. The van der Waals surface area contributed by atoms with E-state index in [0.717, 1.165) is 5.56 Å². The van der Waals surface area contributed by atoms with Crippen molar-refractivity contribution in [1.29, 1.82) is 0 Å². The lowest BCUT2D eigenvalue weighted by molar-refractivity contribution is -0.137. The molecule has 0 aliphatic rings. The highest BCUT2D eigenvalue weighted by molar-refractivity contribution is 6.38. The summed E-state index contributed by atoms with van der Waals surface area (Å²) in [6.07, 6.45) is 4.65. The van der Waals surface area contributed by atoms with Crippen molar-refractivity contribution >= 4 is 17.6 Å². The van der Waals surface area contributed by atoms with E-state index in [4.69, 9.17) is 10.3 Å². The fourth-order valence-corrected chi connectivity index (χ4v) is 2.60. The maximum absolute atomic E-state index is 12.7. The molecule has 1 aromatic carbocycles. The van der Waals surface area contributed by atoms with Crippen LogP contribution in [0, 0.1) is 0 Å². The zero-order valence-electron chi connectivity index (χ0n) is 14.2. The van der Waals surface area contributed by atoms with Crippen LogP contribution in [0.15, 0.2) is 65.6 Å². The number of ketones is 1. The topological polar surface area (TPSA) is 128 Å². The molecule has 1 unspecified atom stereocenters. The highest BCUT2D eigenvalue weighted by Gasteiger charge is 2.28. The summed E-state index contributed by atoms with van der Waals surface area (Å²) in [6, 6.07) is 11.2. The Hall–Kier alpha value is -3.81. The number of nitrogens with zero attached hydrogens (tertiary/aromatic N) is 2. The Balaban J connectivity index is 1.84. The Morgan fingerprint density at radius 1 is 1.07 bits per heavy atom. The van der Waals surface area contributed by atoms with Gasteiger partial charge in [-0.1, -0.05) is 35.5 Å². The maximum Gasteiger partial charge on any atom is 0.291 e. The third-order valence-electron chi connectivity index (χ3n) is 3.92. The molecule has 2 heterocycles. The fraction of sp³-hybridized carbons (Fsp3) is 0.105. The highest BCUT2D eigenvalue weighted by atomic mass is 16.5. The summed E-state index contributed by atoms with van der Waals surface area (Å²) < 4.78 is 5.06. The molecular weight excluding hydrogens is 348 g/mol. The third kappa shape index (κ3) is 4.24. The number of pyridine rings is 1. The average Bonchev–Trinajstić information content (AvgIpc) is 3.18. The van der Waals surface area contributed by atoms with Crippen molar-refractivity contribution in [2.75, 3.05) is 0 Å². The number of carbonyl (C=O) groups is 3. The van der Waals surface area contributed by atoms with E-state index < -0.39 is 23.6 Å². The molecule has 0 radical (unpaired) electrons. The van der Waals surface area contributed by atoms with Gasteiger partial charge < -0.3 is 15.6 Å². The monoisotopic (exact) mass is 364 g/mol. The zero-order chi connectivity index (χ0) is 19.2. The molecule has 2 aromatic heterocycles. The second-order valence-corrected chi connectivity index (χ2v) is 5.75. The van der Waals surface area contributed by atoms with E-state index in [-0.39, 0.29) is 12.2 Å². The molecule has 0 bridgehead atoms. The van der Waals surface area contributed by atoms with E-state index in [1.165, 1.54) is 6.20 Å². The molecule has 0 spiro atoms. The molecular formula is C19H16N4O4. The Labute approximate surface area is 154 Å². The van der Waals surface area contributed by atoms with Crippen LogP contribution in [-0.4, -0.2) is 33.8 Å². The third-order valence-corrected chi connectivity index (χ3v) is 3.92. The largest absolute Gasteiger partial charge is 0.363 e. The van der Waals surface area contributed by atoms with E-state index in [1.54, 1.807) is 48.8 Å². The van der Waals surface area contributed by atoms with Crippen molar-refractivity contribution in [1.82, 2.24) is 15.5 Å². The van der Waals surface area contributed by atoms with Crippen LogP contribution in [-0.2, 0) is 16.0 Å². The van der Waals surface area contributed by atoms with Gasteiger partial charge in [0.25, 0.3) is 11.8 Å². The van der Waals surface area contributed by atoms with Gasteiger partial charge in [-0.3, -0.25) is 19.4 Å². The molecule has 0 aliphatic carbocycles. The minimum Gasteiger partial charge on any atom is -0.363 e. The van der Waals surface area contributed by atoms with Gasteiger partial charge in [-0.2, -0.15) is 0 Å². The van der Waals surface area contributed by atoms with E-state index >= 15 is 0 Å². The molecule has 27 heavy (non-hydrogen) atoms. The number of Topliss-reactive ketones (excluding diaryl/α,β-unsaturated/α-hetero) is 1. The number of nitrogens with two attached hydrogens (primary N) is 1. The highest BCUT2D eigenvalue weighted by Crippen LogP contribution is 2.22. The molecule has 8 heteroatoms. The summed E-state index contributed by atoms with van der Waals surface area (Å²) in [5, 5.41) is 6.18. The van der Waals surface area contributed by atoms with E-state index in [2.05, 4.69) is 15.5 Å². The number of rotatable bonds is 7. The Morgan fingerprint density at radius 2 is 1.78 bits per heavy atom. The fourth-order valence-electron chi connectivity index (χ4n) is 2.60. The van der Waals surface area contributed by atoms with E-state index in [1.807, 2.05) is 6.07 Å². The number of nitrogens with one attached hydrogen (secondary N) is 1. The van der Waals surface area contributed by atoms with Gasteiger partial charge in [-0.05, 0) is 23.3 Å². The van der Waals surface area contributed by atoms with E-state index in [9.17, 15) is 14.4 Å². The van der Waals surface area contributed by atoms with Gasteiger partial charge in [0, 0.05) is 18.8 Å². The van der Waals surface area contributed by atoms with Gasteiger partial charge in [0.2, 0.25) is 11.5 Å². The first-order valence-electron chi connectivity index (χ1n) is 8.09. The number of aromatic nitrogens is 2. The lowest BCUT2D eigenvalue weighted by Crippen LogP contribution is -2.47. The van der Waals surface area contributed by atoms with Crippen LogP contribution in [0.1, 0.15) is 16.1 Å². The van der Waals surface area contributed by atoms with Crippen LogP contribution in [0.3, 0.4) is 0 Å². The van der Waals surface area contributed by atoms with Gasteiger partial charge in [0.05, 0.1) is 11.8 Å². The molecule has 3 aromatic rings. The van der Waals surface area contributed by atoms with Crippen molar-refractivity contribution in [3.05, 3.63) is 72.4 Å². The van der Waals surface area contributed by atoms with Crippen LogP contribution in [0.2, 0.25) is 0 Å². The Morgan fingerprint density at radius 3 is 2.44 bits per heavy atom. The predicted molar refractivity (Wildman–Crippen MR) is 95.3 cm³/mol. The molecule has 0 aliphatic heterocycles. The molecule has 2 amide bonds. The summed E-state index contributed by atoms with van der Waals surface area (Å²) >= 11 is 0. The van der Waals surface area contributed by atoms with Crippen molar-refractivity contribution < 1.29 is 18.9 Å². The summed E-state index contributed by atoms with van der Waals surface area (Å²) in [5.74, 6) is -2.76. The SMILES string of the molecule is NC(=O)C(=O)C(Cc1ccccc1)NC(=O)c1oncc1-c1ccncc1.